The highest BCUT2D eigenvalue weighted by molar-refractivity contribution is 7.99. The fraction of sp³-hybridized carbons (Fsp3) is 0.381. The predicted octanol–water partition coefficient (Wildman–Crippen LogP) is 3.99. The maximum absolute atomic E-state index is 13.2. The molecule has 2 aromatic rings. The number of carbonyl (C=O) groups is 1. The summed E-state index contributed by atoms with van der Waals surface area (Å²) in [6.45, 7) is 6.05. The molecule has 1 aliphatic heterocycles. The van der Waals surface area contributed by atoms with Gasteiger partial charge < -0.3 is 10.3 Å². The number of nitrogens with zero attached hydrogens (tertiary/aromatic N) is 2. The number of aromatic amines is 1. The van der Waals surface area contributed by atoms with Crippen molar-refractivity contribution in [2.45, 2.75) is 44.7 Å². The molecule has 156 valence electrons. The van der Waals surface area contributed by atoms with Gasteiger partial charge in [-0.1, -0.05) is 44.7 Å². The molecule has 0 saturated carbocycles. The second-order valence-electron chi connectivity index (χ2n) is 8.31. The molecule has 1 aromatic carbocycles. The molecule has 0 saturated heterocycles. The molecule has 0 radical (unpaired) electrons. The van der Waals surface area contributed by atoms with E-state index < -0.39 is 10.8 Å². The maximum atomic E-state index is 13.2. The third-order valence-corrected chi connectivity index (χ3v) is 6.17. The fourth-order valence-corrected chi connectivity index (χ4v) is 4.81. The van der Waals surface area contributed by atoms with Gasteiger partial charge in [0.1, 0.15) is 5.82 Å². The average Bonchev–Trinajstić information content (AvgIpc) is 2.65. The number of ketones is 1. The van der Waals surface area contributed by atoms with Crippen molar-refractivity contribution in [3.63, 3.8) is 0 Å². The van der Waals surface area contributed by atoms with Gasteiger partial charge in [-0.25, -0.2) is 4.98 Å². The molecule has 1 aromatic heterocycles. The Kier molecular flexibility index (Phi) is 5.01. The SMILES string of the molecule is CCSc1nc2c(c(=O)[nH]1)C(c1ccc([N+](=O)[O-])cc1)C1=C(CC(C)(C)CC1=O)N2. The zero-order valence-electron chi connectivity index (χ0n) is 16.9. The highest BCUT2D eigenvalue weighted by Crippen LogP contribution is 2.47. The molecule has 0 spiro atoms. The van der Waals surface area contributed by atoms with E-state index in [2.05, 4.69) is 15.3 Å². The fourth-order valence-electron chi connectivity index (χ4n) is 4.22. The molecule has 2 N–H and O–H groups in total. The second-order valence-corrected chi connectivity index (χ2v) is 9.56. The molecule has 4 rings (SSSR count). The van der Waals surface area contributed by atoms with Crippen molar-refractivity contribution < 1.29 is 9.72 Å². The number of thioether (sulfide) groups is 1. The van der Waals surface area contributed by atoms with E-state index in [4.69, 9.17) is 0 Å². The average molecular weight is 426 g/mol. The van der Waals surface area contributed by atoms with Crippen LogP contribution >= 0.6 is 11.8 Å². The topological polar surface area (TPSA) is 118 Å². The summed E-state index contributed by atoms with van der Waals surface area (Å²) >= 11 is 1.43. The van der Waals surface area contributed by atoms with E-state index in [0.717, 1.165) is 11.4 Å². The Morgan fingerprint density at radius 3 is 2.57 bits per heavy atom. The van der Waals surface area contributed by atoms with E-state index in [1.807, 2.05) is 20.8 Å². The third kappa shape index (κ3) is 3.54. The van der Waals surface area contributed by atoms with Gasteiger partial charge in [-0.15, -0.1) is 0 Å². The number of nitro benzene ring substituents is 1. The summed E-state index contributed by atoms with van der Waals surface area (Å²) in [7, 11) is 0. The van der Waals surface area contributed by atoms with Crippen LogP contribution in [-0.4, -0.2) is 26.4 Å². The summed E-state index contributed by atoms with van der Waals surface area (Å²) in [5, 5.41) is 14.8. The lowest BCUT2D eigenvalue weighted by atomic mass is 9.69. The van der Waals surface area contributed by atoms with Crippen LogP contribution in [-0.2, 0) is 4.79 Å². The quantitative estimate of drug-likeness (QED) is 0.328. The van der Waals surface area contributed by atoms with E-state index in [1.165, 1.54) is 23.9 Å². The van der Waals surface area contributed by atoms with Gasteiger partial charge in [-0.2, -0.15) is 0 Å². The molecule has 2 heterocycles. The lowest BCUT2D eigenvalue weighted by Crippen LogP contribution is -2.37. The van der Waals surface area contributed by atoms with Crippen molar-refractivity contribution in [1.29, 1.82) is 0 Å². The lowest BCUT2D eigenvalue weighted by Gasteiger charge is -2.38. The van der Waals surface area contributed by atoms with Gasteiger partial charge in [-0.3, -0.25) is 19.7 Å². The van der Waals surface area contributed by atoms with Gasteiger partial charge in [0.05, 0.1) is 10.5 Å². The Labute approximate surface area is 177 Å². The molecule has 0 amide bonds. The Bertz CT molecular complexity index is 1130. The maximum Gasteiger partial charge on any atom is 0.269 e. The molecule has 1 aliphatic carbocycles. The summed E-state index contributed by atoms with van der Waals surface area (Å²) in [4.78, 5) is 44.2. The minimum absolute atomic E-state index is 0.0193. The zero-order chi connectivity index (χ0) is 21.6. The van der Waals surface area contributed by atoms with Gasteiger partial charge in [0.25, 0.3) is 11.2 Å². The number of anilines is 1. The normalized spacial score (nSPS) is 19.7. The predicted molar refractivity (Wildman–Crippen MR) is 115 cm³/mol. The number of nitro groups is 1. The summed E-state index contributed by atoms with van der Waals surface area (Å²) in [6, 6.07) is 6.03. The Balaban J connectivity index is 1.93. The number of non-ortho nitro benzene ring substituents is 1. The number of carbonyl (C=O) groups excluding carboxylic acids is 1. The van der Waals surface area contributed by atoms with Gasteiger partial charge in [0.2, 0.25) is 0 Å². The molecular formula is C21H22N4O4S. The van der Waals surface area contributed by atoms with Crippen LogP contribution in [0.5, 0.6) is 0 Å². The number of hydrogen-bond donors (Lipinski definition) is 2. The molecule has 30 heavy (non-hydrogen) atoms. The smallest absolute Gasteiger partial charge is 0.269 e. The van der Waals surface area contributed by atoms with Crippen LogP contribution in [0.15, 0.2) is 45.5 Å². The second kappa shape index (κ2) is 7.39. The number of Topliss-reactive ketones (excluding diaryl/α,β-unsaturated/α-hetero) is 1. The van der Waals surface area contributed by atoms with Crippen molar-refractivity contribution in [2.24, 2.45) is 5.41 Å². The molecular weight excluding hydrogens is 404 g/mol. The lowest BCUT2D eigenvalue weighted by molar-refractivity contribution is -0.384. The number of H-pyrrole nitrogens is 1. The van der Waals surface area contributed by atoms with Crippen LogP contribution in [0, 0.1) is 15.5 Å². The minimum Gasteiger partial charge on any atom is -0.343 e. The first kappa shape index (κ1) is 20.3. The van der Waals surface area contributed by atoms with E-state index in [0.29, 0.717) is 40.5 Å². The van der Waals surface area contributed by atoms with Crippen molar-refractivity contribution in [3.8, 4) is 0 Å². The van der Waals surface area contributed by atoms with Crippen molar-refractivity contribution in [2.75, 3.05) is 11.1 Å². The van der Waals surface area contributed by atoms with Crippen LogP contribution in [0.25, 0.3) is 0 Å². The molecule has 1 atom stereocenters. The number of fused-ring (bicyclic) bond motifs is 1. The number of aromatic nitrogens is 2. The number of hydrogen-bond acceptors (Lipinski definition) is 7. The van der Waals surface area contributed by atoms with Crippen molar-refractivity contribution >= 4 is 29.1 Å². The van der Waals surface area contributed by atoms with Crippen LogP contribution in [0.3, 0.4) is 0 Å². The summed E-state index contributed by atoms with van der Waals surface area (Å²) in [5.41, 5.74) is 1.80. The van der Waals surface area contributed by atoms with Crippen LogP contribution in [0.1, 0.15) is 50.7 Å². The van der Waals surface area contributed by atoms with Gasteiger partial charge in [0, 0.05) is 35.7 Å². The summed E-state index contributed by atoms with van der Waals surface area (Å²) in [5.74, 6) is 0.571. The zero-order valence-corrected chi connectivity index (χ0v) is 17.8. The first-order chi connectivity index (χ1) is 14.2. The number of allylic oxidation sites excluding steroid dienone is 2. The van der Waals surface area contributed by atoms with Crippen molar-refractivity contribution in [1.82, 2.24) is 9.97 Å². The van der Waals surface area contributed by atoms with E-state index >= 15 is 0 Å². The van der Waals surface area contributed by atoms with Crippen LogP contribution in [0.4, 0.5) is 11.5 Å². The third-order valence-electron chi connectivity index (χ3n) is 5.42. The number of nitrogens with one attached hydrogen (secondary N) is 2. The number of rotatable bonds is 4. The Morgan fingerprint density at radius 2 is 1.93 bits per heavy atom. The van der Waals surface area contributed by atoms with E-state index in [9.17, 15) is 19.7 Å². The van der Waals surface area contributed by atoms with E-state index in [1.54, 1.807) is 12.1 Å². The number of benzene rings is 1. The largest absolute Gasteiger partial charge is 0.343 e. The molecule has 9 heteroatoms. The monoisotopic (exact) mass is 426 g/mol. The standard InChI is InChI=1S/C21H22N4O4S/c1-4-30-20-23-18-17(19(27)24-20)15(11-5-7-12(8-6-11)25(28)29)16-13(22-18)9-21(2,3)10-14(16)26/h5-8,15H,4,9-10H2,1-3H3,(H2,22,23,24,27). The summed E-state index contributed by atoms with van der Waals surface area (Å²) in [6.07, 6.45) is 1.03. The first-order valence-corrected chi connectivity index (χ1v) is 10.7. The first-order valence-electron chi connectivity index (χ1n) is 9.75. The molecule has 2 aliphatic rings. The highest BCUT2D eigenvalue weighted by atomic mass is 32.2. The van der Waals surface area contributed by atoms with Gasteiger partial charge in [-0.05, 0) is 23.2 Å². The summed E-state index contributed by atoms with van der Waals surface area (Å²) < 4.78 is 0. The molecule has 8 nitrogen and oxygen atoms in total. The molecule has 1 unspecified atom stereocenters. The Morgan fingerprint density at radius 1 is 1.23 bits per heavy atom. The van der Waals surface area contributed by atoms with Crippen molar-refractivity contribution in [3.05, 3.63) is 67.1 Å². The molecule has 0 bridgehead atoms. The highest BCUT2D eigenvalue weighted by Gasteiger charge is 2.42. The Hall–Kier alpha value is -2.94. The van der Waals surface area contributed by atoms with Gasteiger partial charge in [0.15, 0.2) is 10.9 Å². The molecule has 0 fully saturated rings. The van der Waals surface area contributed by atoms with E-state index in [-0.39, 0.29) is 22.4 Å². The van der Waals surface area contributed by atoms with Gasteiger partial charge >= 0.3 is 0 Å². The van der Waals surface area contributed by atoms with Crippen LogP contribution in [0.2, 0.25) is 0 Å². The van der Waals surface area contributed by atoms with Crippen LogP contribution < -0.4 is 10.9 Å². The minimum atomic E-state index is -0.613.